The van der Waals surface area contributed by atoms with Gasteiger partial charge in [-0.2, -0.15) is 5.10 Å². The highest BCUT2D eigenvalue weighted by atomic mass is 32.1. The highest BCUT2D eigenvalue weighted by Gasteiger charge is 2.03. The van der Waals surface area contributed by atoms with Crippen molar-refractivity contribution in [1.82, 2.24) is 20.1 Å². The second kappa shape index (κ2) is 5.50. The number of fused-ring (bicyclic) bond motifs is 1. The van der Waals surface area contributed by atoms with Gasteiger partial charge in [0.15, 0.2) is 0 Å². The number of para-hydroxylation sites is 1. The number of benzene rings is 1. The summed E-state index contributed by atoms with van der Waals surface area (Å²) in [7, 11) is 1.96. The molecule has 98 valence electrons. The Kier molecular flexibility index (Phi) is 3.57. The molecule has 0 aliphatic carbocycles. The Bertz CT molecular complexity index is 638. The number of nitrogens with zero attached hydrogens (tertiary/aromatic N) is 3. The molecule has 4 nitrogen and oxygen atoms in total. The van der Waals surface area contributed by atoms with Crippen molar-refractivity contribution in [2.24, 2.45) is 7.05 Å². The molecular formula is C14H16N4S. The van der Waals surface area contributed by atoms with Crippen molar-refractivity contribution < 1.29 is 0 Å². The lowest BCUT2D eigenvalue weighted by atomic mass is 10.3. The smallest absolute Gasteiger partial charge is 0.0951 e. The fourth-order valence-electron chi connectivity index (χ4n) is 2.01. The number of rotatable bonds is 5. The minimum atomic E-state index is 0.849. The maximum atomic E-state index is 4.63. The summed E-state index contributed by atoms with van der Waals surface area (Å²) in [6.45, 7) is 1.78. The van der Waals surface area contributed by atoms with Crippen molar-refractivity contribution in [3.05, 3.63) is 47.2 Å². The van der Waals surface area contributed by atoms with Crippen LogP contribution >= 0.6 is 11.3 Å². The summed E-state index contributed by atoms with van der Waals surface area (Å²) in [5.41, 5.74) is 2.30. The van der Waals surface area contributed by atoms with E-state index >= 15 is 0 Å². The van der Waals surface area contributed by atoms with Crippen LogP contribution in [0.3, 0.4) is 0 Å². The van der Waals surface area contributed by atoms with Gasteiger partial charge in [0.25, 0.3) is 0 Å². The molecule has 1 N–H and O–H groups in total. The van der Waals surface area contributed by atoms with E-state index in [0.717, 1.165) is 25.0 Å². The molecular weight excluding hydrogens is 256 g/mol. The number of thiazole rings is 1. The van der Waals surface area contributed by atoms with E-state index < -0.39 is 0 Å². The van der Waals surface area contributed by atoms with Crippen LogP contribution in [0.2, 0.25) is 0 Å². The molecule has 0 saturated carbocycles. The molecule has 1 aromatic carbocycles. The SMILES string of the molecule is Cn1nccc1CNCCc1nc2ccccc2s1. The first-order chi connectivity index (χ1) is 9.33. The predicted molar refractivity (Wildman–Crippen MR) is 78.2 cm³/mol. The standard InChI is InChI=1S/C14H16N4S/c1-18-11(6-9-16-18)10-15-8-7-14-17-12-4-2-3-5-13(12)19-14/h2-6,9,15H,7-8,10H2,1H3. The summed E-state index contributed by atoms with van der Waals surface area (Å²) in [5, 5.41) is 8.77. The fourth-order valence-corrected chi connectivity index (χ4v) is 2.98. The topological polar surface area (TPSA) is 42.7 Å². The van der Waals surface area contributed by atoms with E-state index in [4.69, 9.17) is 0 Å². The average molecular weight is 272 g/mol. The molecule has 0 atom stereocenters. The number of hydrogen-bond donors (Lipinski definition) is 1. The summed E-state index contributed by atoms with van der Waals surface area (Å²) >= 11 is 1.78. The van der Waals surface area contributed by atoms with E-state index in [1.165, 1.54) is 15.4 Å². The summed E-state index contributed by atoms with van der Waals surface area (Å²) < 4.78 is 3.16. The summed E-state index contributed by atoms with van der Waals surface area (Å²) in [5.74, 6) is 0. The number of nitrogens with one attached hydrogen (secondary N) is 1. The quantitative estimate of drug-likeness (QED) is 0.725. The molecule has 0 fully saturated rings. The van der Waals surface area contributed by atoms with Crippen LogP contribution in [0.25, 0.3) is 10.2 Å². The van der Waals surface area contributed by atoms with Gasteiger partial charge in [0.05, 0.1) is 20.9 Å². The lowest BCUT2D eigenvalue weighted by Gasteiger charge is -2.03. The van der Waals surface area contributed by atoms with Crippen LogP contribution in [0.5, 0.6) is 0 Å². The molecule has 3 rings (SSSR count). The van der Waals surface area contributed by atoms with Crippen LogP contribution in [0.1, 0.15) is 10.7 Å². The Labute approximate surface area is 116 Å². The monoisotopic (exact) mass is 272 g/mol. The zero-order valence-electron chi connectivity index (χ0n) is 10.8. The van der Waals surface area contributed by atoms with Crippen LogP contribution in [0.4, 0.5) is 0 Å². The summed E-state index contributed by atoms with van der Waals surface area (Å²) in [6.07, 6.45) is 2.79. The van der Waals surface area contributed by atoms with Crippen molar-refractivity contribution >= 4 is 21.6 Å². The lowest BCUT2D eigenvalue weighted by Crippen LogP contribution is -2.18. The van der Waals surface area contributed by atoms with Gasteiger partial charge in [-0.25, -0.2) is 4.98 Å². The van der Waals surface area contributed by atoms with Crippen LogP contribution in [-0.2, 0) is 20.0 Å². The average Bonchev–Trinajstić information content (AvgIpc) is 3.00. The molecule has 0 amide bonds. The van der Waals surface area contributed by atoms with Gasteiger partial charge >= 0.3 is 0 Å². The van der Waals surface area contributed by atoms with Gasteiger partial charge in [-0.05, 0) is 18.2 Å². The largest absolute Gasteiger partial charge is 0.311 e. The van der Waals surface area contributed by atoms with Crippen molar-refractivity contribution in [3.8, 4) is 0 Å². The first-order valence-corrected chi connectivity index (χ1v) is 7.16. The Morgan fingerprint density at radius 3 is 2.95 bits per heavy atom. The van der Waals surface area contributed by atoms with Crippen LogP contribution in [0.15, 0.2) is 36.5 Å². The van der Waals surface area contributed by atoms with Gasteiger partial charge in [0, 0.05) is 32.8 Å². The fraction of sp³-hybridized carbons (Fsp3) is 0.286. The van der Waals surface area contributed by atoms with E-state index in [9.17, 15) is 0 Å². The number of aryl methyl sites for hydroxylation is 1. The Morgan fingerprint density at radius 2 is 2.16 bits per heavy atom. The summed E-state index contributed by atoms with van der Waals surface area (Å²) in [6, 6.07) is 10.3. The Balaban J connectivity index is 1.53. The third kappa shape index (κ3) is 2.83. The van der Waals surface area contributed by atoms with Crippen molar-refractivity contribution in [2.75, 3.05) is 6.54 Å². The zero-order valence-corrected chi connectivity index (χ0v) is 11.7. The maximum Gasteiger partial charge on any atom is 0.0951 e. The van der Waals surface area contributed by atoms with Crippen LogP contribution < -0.4 is 5.32 Å². The minimum Gasteiger partial charge on any atom is -0.311 e. The molecule has 2 heterocycles. The maximum absolute atomic E-state index is 4.63. The van der Waals surface area contributed by atoms with Crippen LogP contribution in [0, 0.1) is 0 Å². The second-order valence-electron chi connectivity index (χ2n) is 4.45. The molecule has 0 saturated heterocycles. The highest BCUT2D eigenvalue weighted by molar-refractivity contribution is 7.18. The minimum absolute atomic E-state index is 0.849. The normalized spacial score (nSPS) is 11.2. The number of hydrogen-bond acceptors (Lipinski definition) is 4. The van der Waals surface area contributed by atoms with Gasteiger partial charge in [0.1, 0.15) is 0 Å². The molecule has 0 aliphatic heterocycles. The van der Waals surface area contributed by atoms with E-state index in [0.29, 0.717) is 0 Å². The molecule has 0 unspecified atom stereocenters. The molecule has 3 aromatic rings. The van der Waals surface area contributed by atoms with Gasteiger partial charge in [-0.15, -0.1) is 11.3 Å². The molecule has 2 aromatic heterocycles. The molecule has 0 radical (unpaired) electrons. The van der Waals surface area contributed by atoms with E-state index in [-0.39, 0.29) is 0 Å². The number of aromatic nitrogens is 3. The van der Waals surface area contributed by atoms with Gasteiger partial charge in [-0.3, -0.25) is 4.68 Å². The van der Waals surface area contributed by atoms with Gasteiger partial charge in [0.2, 0.25) is 0 Å². The Hall–Kier alpha value is -1.72. The van der Waals surface area contributed by atoms with Crippen LogP contribution in [-0.4, -0.2) is 21.3 Å². The van der Waals surface area contributed by atoms with Gasteiger partial charge in [-0.1, -0.05) is 12.1 Å². The third-order valence-electron chi connectivity index (χ3n) is 3.08. The summed E-state index contributed by atoms with van der Waals surface area (Å²) in [4.78, 5) is 4.63. The first kappa shape index (κ1) is 12.3. The molecule has 19 heavy (non-hydrogen) atoms. The molecule has 5 heteroatoms. The molecule has 0 spiro atoms. The molecule has 0 aliphatic rings. The second-order valence-corrected chi connectivity index (χ2v) is 5.56. The predicted octanol–water partition coefficient (Wildman–Crippen LogP) is 2.36. The highest BCUT2D eigenvalue weighted by Crippen LogP contribution is 2.21. The first-order valence-electron chi connectivity index (χ1n) is 6.35. The van der Waals surface area contributed by atoms with E-state index in [1.807, 2.05) is 30.1 Å². The van der Waals surface area contributed by atoms with Crippen molar-refractivity contribution in [2.45, 2.75) is 13.0 Å². The van der Waals surface area contributed by atoms with Crippen molar-refractivity contribution in [1.29, 1.82) is 0 Å². The van der Waals surface area contributed by atoms with E-state index in [2.05, 4.69) is 33.6 Å². The zero-order chi connectivity index (χ0) is 13.1. The lowest BCUT2D eigenvalue weighted by molar-refractivity contribution is 0.625. The third-order valence-corrected chi connectivity index (χ3v) is 4.18. The Morgan fingerprint density at radius 1 is 1.26 bits per heavy atom. The van der Waals surface area contributed by atoms with Gasteiger partial charge < -0.3 is 5.32 Å². The van der Waals surface area contributed by atoms with Crippen molar-refractivity contribution in [3.63, 3.8) is 0 Å². The van der Waals surface area contributed by atoms with E-state index in [1.54, 1.807) is 11.3 Å². The molecule has 0 bridgehead atoms.